The third-order valence-electron chi connectivity index (χ3n) is 4.79. The van der Waals surface area contributed by atoms with Crippen LogP contribution >= 0.6 is 11.6 Å². The Hall–Kier alpha value is -2.99. The van der Waals surface area contributed by atoms with E-state index in [4.69, 9.17) is 11.6 Å². The highest BCUT2D eigenvalue weighted by Gasteiger charge is 2.58. The Bertz CT molecular complexity index is 983. The molecule has 2 aliphatic heterocycles. The van der Waals surface area contributed by atoms with Crippen LogP contribution in [-0.2, 0) is 14.4 Å². The quantitative estimate of drug-likeness (QED) is 0.766. The average molecular weight is 382 g/mol. The number of hydrazone groups is 1. The van der Waals surface area contributed by atoms with E-state index in [1.54, 1.807) is 36.4 Å². The number of carbonyl (C=O) groups excluding carboxylic acids is 3. The Balaban J connectivity index is 1.79. The lowest BCUT2D eigenvalue weighted by molar-refractivity contribution is -0.122. The highest BCUT2D eigenvalue weighted by molar-refractivity contribution is 6.48. The molecule has 4 rings (SSSR count). The maximum Gasteiger partial charge on any atom is 0.259 e. The summed E-state index contributed by atoms with van der Waals surface area (Å²) in [5, 5.41) is 6.30. The van der Waals surface area contributed by atoms with Crippen LogP contribution in [0, 0.1) is 12.8 Å². The van der Waals surface area contributed by atoms with Gasteiger partial charge in [0.2, 0.25) is 5.91 Å². The first-order valence-electron chi connectivity index (χ1n) is 8.47. The molecule has 0 N–H and O–H groups in total. The number of hydrogen-bond donors (Lipinski definition) is 0. The molecule has 0 saturated carbocycles. The van der Waals surface area contributed by atoms with Crippen molar-refractivity contribution < 1.29 is 14.4 Å². The van der Waals surface area contributed by atoms with Gasteiger partial charge in [0.25, 0.3) is 5.91 Å². The number of anilines is 2. The molecule has 0 unspecified atom stereocenters. The van der Waals surface area contributed by atoms with Gasteiger partial charge in [-0.25, -0.2) is 4.90 Å². The number of carbonyl (C=O) groups is 3. The number of rotatable bonds is 3. The lowest BCUT2D eigenvalue weighted by Gasteiger charge is -2.22. The smallest absolute Gasteiger partial charge is 0.259 e. The molecule has 1 saturated heterocycles. The van der Waals surface area contributed by atoms with Gasteiger partial charge in [0.05, 0.1) is 11.4 Å². The van der Waals surface area contributed by atoms with Crippen molar-refractivity contribution in [2.45, 2.75) is 19.9 Å². The van der Waals surface area contributed by atoms with Crippen molar-refractivity contribution in [2.24, 2.45) is 11.0 Å². The van der Waals surface area contributed by atoms with Crippen molar-refractivity contribution >= 4 is 46.3 Å². The second-order valence-electron chi connectivity index (χ2n) is 6.63. The van der Waals surface area contributed by atoms with Gasteiger partial charge >= 0.3 is 0 Å². The molecule has 2 heterocycles. The maximum absolute atomic E-state index is 13.2. The van der Waals surface area contributed by atoms with E-state index in [1.807, 2.05) is 19.1 Å². The van der Waals surface area contributed by atoms with Crippen molar-refractivity contribution in [3.05, 3.63) is 59.1 Å². The van der Waals surface area contributed by atoms with E-state index >= 15 is 0 Å². The maximum atomic E-state index is 13.2. The molecule has 27 heavy (non-hydrogen) atoms. The van der Waals surface area contributed by atoms with Crippen LogP contribution in [0.15, 0.2) is 53.6 Å². The van der Waals surface area contributed by atoms with E-state index in [0.717, 1.165) is 10.5 Å². The third-order valence-corrected chi connectivity index (χ3v) is 5.05. The van der Waals surface area contributed by atoms with Gasteiger partial charge in [0, 0.05) is 11.9 Å². The summed E-state index contributed by atoms with van der Waals surface area (Å²) in [5.41, 5.74) is 2.20. The number of Topliss-reactive ketones (excluding diaryl/α,β-unsaturated/α-hetero) is 1. The van der Waals surface area contributed by atoms with Crippen LogP contribution in [0.3, 0.4) is 0 Å². The molecule has 0 bridgehead atoms. The lowest BCUT2D eigenvalue weighted by atomic mass is 9.95. The standard InChI is InChI=1S/C20H16ClN3O3/c1-11-3-7-14(8-4-11)23-19(26)16-17(12(2)25)22-24(18(16)20(23)27)15-9-5-13(21)6-10-15/h3-10,16,18H,1-2H3/t16-,18+/m1/s1. The second-order valence-corrected chi connectivity index (χ2v) is 7.07. The number of aryl methyl sites for hydroxylation is 1. The molecule has 7 heteroatoms. The van der Waals surface area contributed by atoms with E-state index in [2.05, 4.69) is 5.10 Å². The molecule has 2 amide bonds. The summed E-state index contributed by atoms with van der Waals surface area (Å²) in [6.45, 7) is 3.28. The number of halogens is 1. The monoisotopic (exact) mass is 381 g/mol. The zero-order valence-corrected chi connectivity index (χ0v) is 15.5. The number of benzene rings is 2. The van der Waals surface area contributed by atoms with Gasteiger partial charge in [0.1, 0.15) is 17.7 Å². The molecule has 0 spiro atoms. The Kier molecular flexibility index (Phi) is 4.08. The van der Waals surface area contributed by atoms with Crippen LogP contribution in [0.2, 0.25) is 5.02 Å². The number of hydrogen-bond acceptors (Lipinski definition) is 5. The minimum Gasteiger partial charge on any atom is -0.293 e. The lowest BCUT2D eigenvalue weighted by Crippen LogP contribution is -2.39. The topological polar surface area (TPSA) is 70.1 Å². The molecule has 2 aromatic rings. The van der Waals surface area contributed by atoms with E-state index in [-0.39, 0.29) is 11.5 Å². The van der Waals surface area contributed by atoms with Crippen molar-refractivity contribution in [3.8, 4) is 0 Å². The largest absolute Gasteiger partial charge is 0.293 e. The predicted octanol–water partition coefficient (Wildman–Crippen LogP) is 2.97. The number of ketones is 1. The highest BCUT2D eigenvalue weighted by Crippen LogP contribution is 2.38. The fraction of sp³-hybridized carbons (Fsp3) is 0.200. The highest BCUT2D eigenvalue weighted by atomic mass is 35.5. The zero-order valence-electron chi connectivity index (χ0n) is 14.7. The zero-order chi connectivity index (χ0) is 19.3. The van der Waals surface area contributed by atoms with Gasteiger partial charge in [-0.2, -0.15) is 5.10 Å². The third kappa shape index (κ3) is 2.73. The first-order valence-corrected chi connectivity index (χ1v) is 8.85. The number of imide groups is 1. The van der Waals surface area contributed by atoms with Gasteiger partial charge in [0.15, 0.2) is 5.78 Å². The first-order chi connectivity index (χ1) is 12.9. The number of nitrogens with zero attached hydrogens (tertiary/aromatic N) is 3. The van der Waals surface area contributed by atoms with E-state index < -0.39 is 23.8 Å². The summed E-state index contributed by atoms with van der Waals surface area (Å²) in [6.07, 6.45) is 0. The summed E-state index contributed by atoms with van der Waals surface area (Å²) in [5.74, 6) is -2.07. The van der Waals surface area contributed by atoms with E-state index in [0.29, 0.717) is 16.4 Å². The Morgan fingerprint density at radius 1 is 0.963 bits per heavy atom. The van der Waals surface area contributed by atoms with Crippen LogP contribution in [-0.4, -0.2) is 29.4 Å². The molecule has 0 aliphatic carbocycles. The van der Waals surface area contributed by atoms with Crippen LogP contribution in [0.1, 0.15) is 12.5 Å². The van der Waals surface area contributed by atoms with Crippen LogP contribution in [0.25, 0.3) is 0 Å². The Labute approximate surface area is 161 Å². The van der Waals surface area contributed by atoms with Crippen molar-refractivity contribution in [2.75, 3.05) is 9.91 Å². The number of amides is 2. The van der Waals surface area contributed by atoms with Crippen molar-refractivity contribution in [1.82, 2.24) is 0 Å². The first kappa shape index (κ1) is 17.4. The molecule has 0 radical (unpaired) electrons. The fourth-order valence-corrected chi connectivity index (χ4v) is 3.59. The second kappa shape index (κ2) is 6.32. The minimum absolute atomic E-state index is 0.0999. The van der Waals surface area contributed by atoms with Gasteiger partial charge < -0.3 is 0 Å². The normalized spacial score (nSPS) is 21.5. The minimum atomic E-state index is -0.910. The molecule has 1 fully saturated rings. The van der Waals surface area contributed by atoms with Crippen molar-refractivity contribution in [1.29, 1.82) is 0 Å². The van der Waals surface area contributed by atoms with Crippen LogP contribution in [0.4, 0.5) is 11.4 Å². The predicted molar refractivity (Wildman–Crippen MR) is 103 cm³/mol. The molecule has 136 valence electrons. The molecule has 2 aliphatic rings. The SMILES string of the molecule is CC(=O)C1=NN(c2ccc(Cl)cc2)[C@@H]2C(=O)N(c3ccc(C)cc3)C(=O)[C@H]12. The summed E-state index contributed by atoms with van der Waals surface area (Å²) < 4.78 is 0. The summed E-state index contributed by atoms with van der Waals surface area (Å²) in [7, 11) is 0. The summed E-state index contributed by atoms with van der Waals surface area (Å²) in [4.78, 5) is 39.5. The molecular formula is C20H16ClN3O3. The van der Waals surface area contributed by atoms with Crippen molar-refractivity contribution in [3.63, 3.8) is 0 Å². The van der Waals surface area contributed by atoms with E-state index in [1.165, 1.54) is 11.9 Å². The van der Waals surface area contributed by atoms with Gasteiger partial charge in [-0.15, -0.1) is 0 Å². The Morgan fingerprint density at radius 2 is 1.56 bits per heavy atom. The molecule has 0 aromatic heterocycles. The van der Waals surface area contributed by atoms with Gasteiger partial charge in [-0.1, -0.05) is 29.3 Å². The summed E-state index contributed by atoms with van der Waals surface area (Å²) in [6, 6.07) is 13.0. The van der Waals surface area contributed by atoms with E-state index in [9.17, 15) is 14.4 Å². The van der Waals surface area contributed by atoms with Gasteiger partial charge in [-0.05, 0) is 43.3 Å². The van der Waals surface area contributed by atoms with Crippen LogP contribution in [0.5, 0.6) is 0 Å². The fourth-order valence-electron chi connectivity index (χ4n) is 3.46. The molecular weight excluding hydrogens is 366 g/mol. The van der Waals surface area contributed by atoms with Crippen LogP contribution < -0.4 is 9.91 Å². The average Bonchev–Trinajstić information content (AvgIpc) is 3.15. The molecule has 2 aromatic carbocycles. The Morgan fingerprint density at radius 3 is 2.15 bits per heavy atom. The molecule has 6 nitrogen and oxygen atoms in total. The molecule has 2 atom stereocenters. The van der Waals surface area contributed by atoms with Gasteiger partial charge in [-0.3, -0.25) is 19.4 Å². The number of fused-ring (bicyclic) bond motifs is 1. The summed E-state index contributed by atoms with van der Waals surface area (Å²) >= 11 is 5.94.